The molecule has 2 fully saturated rings. The predicted octanol–water partition coefficient (Wildman–Crippen LogP) is 2.95. The third-order valence-electron chi connectivity index (χ3n) is 5.40. The van der Waals surface area contributed by atoms with Crippen LogP contribution in [0.15, 0.2) is 30.3 Å². The van der Waals surface area contributed by atoms with Crippen molar-refractivity contribution in [3.63, 3.8) is 0 Å². The van der Waals surface area contributed by atoms with Crippen molar-refractivity contribution in [1.29, 1.82) is 0 Å². The molecule has 2 heterocycles. The lowest BCUT2D eigenvalue weighted by molar-refractivity contribution is -0.0951. The molecule has 0 saturated carbocycles. The van der Waals surface area contributed by atoms with Gasteiger partial charge in [-0.1, -0.05) is 30.3 Å². The van der Waals surface area contributed by atoms with Gasteiger partial charge in [-0.2, -0.15) is 0 Å². The maximum atomic E-state index is 5.69. The summed E-state index contributed by atoms with van der Waals surface area (Å²) in [6, 6.07) is 10.8. The Bertz CT molecular complexity index is 424. The molecule has 1 aromatic carbocycles. The molecule has 2 aliphatic rings. The molecule has 0 amide bonds. The summed E-state index contributed by atoms with van der Waals surface area (Å²) in [6.45, 7) is 6.15. The number of hydrogen-bond acceptors (Lipinski definition) is 3. The van der Waals surface area contributed by atoms with Gasteiger partial charge in [-0.3, -0.25) is 4.90 Å². The largest absolute Gasteiger partial charge is 0.384 e. The molecule has 0 unspecified atom stereocenters. The van der Waals surface area contributed by atoms with Crippen molar-refractivity contribution < 1.29 is 9.47 Å². The van der Waals surface area contributed by atoms with Crippen LogP contribution in [0, 0.1) is 11.3 Å². The number of piperidine rings is 1. The van der Waals surface area contributed by atoms with Gasteiger partial charge in [0.1, 0.15) is 0 Å². The van der Waals surface area contributed by atoms with Gasteiger partial charge in [0.25, 0.3) is 0 Å². The minimum Gasteiger partial charge on any atom is -0.384 e. The lowest BCUT2D eigenvalue weighted by Crippen LogP contribution is -2.49. The SMILES string of the molecule is COC[C@@H]1COCCC12CCN(Cc1ccccc1)CC2. The number of methoxy groups -OCH3 is 1. The fourth-order valence-corrected chi connectivity index (χ4v) is 3.96. The van der Waals surface area contributed by atoms with Gasteiger partial charge < -0.3 is 9.47 Å². The molecule has 116 valence electrons. The molecule has 1 spiro atoms. The summed E-state index contributed by atoms with van der Waals surface area (Å²) >= 11 is 0. The molecule has 21 heavy (non-hydrogen) atoms. The molecule has 0 aromatic heterocycles. The highest BCUT2D eigenvalue weighted by atomic mass is 16.5. The lowest BCUT2D eigenvalue weighted by atomic mass is 9.66. The monoisotopic (exact) mass is 289 g/mol. The standard InChI is InChI=1S/C18H27NO2/c1-20-14-17-15-21-12-9-18(17)7-10-19(11-8-18)13-16-5-3-2-4-6-16/h2-6,17H,7-15H2,1H3/t17-/m1/s1. The van der Waals surface area contributed by atoms with Crippen molar-refractivity contribution in [2.45, 2.75) is 25.8 Å². The summed E-state index contributed by atoms with van der Waals surface area (Å²) < 4.78 is 11.1. The average molecular weight is 289 g/mol. The van der Waals surface area contributed by atoms with Gasteiger partial charge in [-0.05, 0) is 43.3 Å². The van der Waals surface area contributed by atoms with E-state index in [-0.39, 0.29) is 0 Å². The van der Waals surface area contributed by atoms with Gasteiger partial charge in [0.05, 0.1) is 13.2 Å². The molecule has 2 aliphatic heterocycles. The van der Waals surface area contributed by atoms with Gasteiger partial charge in [0.2, 0.25) is 0 Å². The summed E-state index contributed by atoms with van der Waals surface area (Å²) in [5.41, 5.74) is 1.88. The Hall–Kier alpha value is -0.900. The zero-order valence-electron chi connectivity index (χ0n) is 13.1. The van der Waals surface area contributed by atoms with E-state index in [1.54, 1.807) is 0 Å². The first-order valence-electron chi connectivity index (χ1n) is 8.15. The van der Waals surface area contributed by atoms with E-state index in [0.717, 1.165) is 26.4 Å². The van der Waals surface area contributed by atoms with Crippen LogP contribution in [0.2, 0.25) is 0 Å². The Labute approximate surface area is 128 Å². The zero-order valence-corrected chi connectivity index (χ0v) is 13.1. The summed E-state index contributed by atoms with van der Waals surface area (Å²) in [5, 5.41) is 0. The Morgan fingerprint density at radius 1 is 1.19 bits per heavy atom. The fourth-order valence-electron chi connectivity index (χ4n) is 3.96. The summed E-state index contributed by atoms with van der Waals surface area (Å²) in [5.74, 6) is 0.579. The first kappa shape index (κ1) is 15.0. The van der Waals surface area contributed by atoms with E-state index in [9.17, 15) is 0 Å². The van der Waals surface area contributed by atoms with E-state index < -0.39 is 0 Å². The van der Waals surface area contributed by atoms with Crippen LogP contribution in [0.25, 0.3) is 0 Å². The van der Waals surface area contributed by atoms with E-state index in [1.165, 1.54) is 37.9 Å². The van der Waals surface area contributed by atoms with Crippen LogP contribution >= 0.6 is 0 Å². The van der Waals surface area contributed by atoms with Crippen molar-refractivity contribution in [2.75, 3.05) is 40.0 Å². The normalized spacial score (nSPS) is 26.0. The second-order valence-electron chi connectivity index (χ2n) is 6.60. The molecule has 0 radical (unpaired) electrons. The van der Waals surface area contributed by atoms with Crippen LogP contribution in [-0.2, 0) is 16.0 Å². The van der Waals surface area contributed by atoms with E-state index in [0.29, 0.717) is 11.3 Å². The highest BCUT2D eigenvalue weighted by Gasteiger charge is 2.43. The molecular formula is C18H27NO2. The van der Waals surface area contributed by atoms with Crippen LogP contribution in [0.3, 0.4) is 0 Å². The number of benzene rings is 1. The fraction of sp³-hybridized carbons (Fsp3) is 0.667. The first-order chi connectivity index (χ1) is 10.3. The van der Waals surface area contributed by atoms with Crippen molar-refractivity contribution in [2.24, 2.45) is 11.3 Å². The third-order valence-corrected chi connectivity index (χ3v) is 5.40. The molecule has 3 heteroatoms. The number of rotatable bonds is 4. The van der Waals surface area contributed by atoms with E-state index >= 15 is 0 Å². The van der Waals surface area contributed by atoms with Gasteiger partial charge in [-0.15, -0.1) is 0 Å². The van der Waals surface area contributed by atoms with E-state index in [4.69, 9.17) is 9.47 Å². The maximum absolute atomic E-state index is 5.69. The molecule has 1 atom stereocenters. The van der Waals surface area contributed by atoms with Crippen molar-refractivity contribution in [1.82, 2.24) is 4.90 Å². The predicted molar refractivity (Wildman–Crippen MR) is 84.2 cm³/mol. The number of nitrogens with zero attached hydrogens (tertiary/aromatic N) is 1. The number of hydrogen-bond donors (Lipinski definition) is 0. The Morgan fingerprint density at radius 3 is 2.67 bits per heavy atom. The van der Waals surface area contributed by atoms with Crippen molar-refractivity contribution >= 4 is 0 Å². The smallest absolute Gasteiger partial charge is 0.0521 e. The Kier molecular flexibility index (Phi) is 4.94. The lowest BCUT2D eigenvalue weighted by Gasteiger charge is -2.49. The minimum atomic E-state index is 0.460. The first-order valence-corrected chi connectivity index (χ1v) is 8.15. The molecule has 2 saturated heterocycles. The molecule has 3 rings (SSSR count). The third kappa shape index (κ3) is 3.47. The topological polar surface area (TPSA) is 21.7 Å². The van der Waals surface area contributed by atoms with Crippen LogP contribution in [0.5, 0.6) is 0 Å². The van der Waals surface area contributed by atoms with Gasteiger partial charge >= 0.3 is 0 Å². The Morgan fingerprint density at radius 2 is 1.95 bits per heavy atom. The Balaban J connectivity index is 1.58. The molecule has 1 aromatic rings. The molecule has 3 nitrogen and oxygen atoms in total. The van der Waals surface area contributed by atoms with E-state index in [1.807, 2.05) is 7.11 Å². The molecule has 0 bridgehead atoms. The highest BCUT2D eigenvalue weighted by Crippen LogP contribution is 2.44. The van der Waals surface area contributed by atoms with Crippen molar-refractivity contribution in [3.05, 3.63) is 35.9 Å². The number of likely N-dealkylation sites (tertiary alicyclic amines) is 1. The second-order valence-corrected chi connectivity index (χ2v) is 6.60. The van der Waals surface area contributed by atoms with Gasteiger partial charge in [0, 0.05) is 26.2 Å². The summed E-state index contributed by atoms with van der Waals surface area (Å²) in [4.78, 5) is 2.60. The van der Waals surface area contributed by atoms with Gasteiger partial charge in [0.15, 0.2) is 0 Å². The van der Waals surface area contributed by atoms with Crippen LogP contribution in [0.1, 0.15) is 24.8 Å². The zero-order chi connectivity index (χ0) is 14.5. The van der Waals surface area contributed by atoms with Crippen LogP contribution in [0.4, 0.5) is 0 Å². The van der Waals surface area contributed by atoms with Crippen LogP contribution in [-0.4, -0.2) is 44.9 Å². The van der Waals surface area contributed by atoms with E-state index in [2.05, 4.69) is 35.2 Å². The van der Waals surface area contributed by atoms with Gasteiger partial charge in [-0.25, -0.2) is 0 Å². The summed E-state index contributed by atoms with van der Waals surface area (Å²) in [6.07, 6.45) is 3.79. The summed E-state index contributed by atoms with van der Waals surface area (Å²) in [7, 11) is 1.81. The maximum Gasteiger partial charge on any atom is 0.0521 e. The molecule has 0 aliphatic carbocycles. The minimum absolute atomic E-state index is 0.460. The second kappa shape index (κ2) is 6.91. The molecular weight excluding hydrogens is 262 g/mol. The highest BCUT2D eigenvalue weighted by molar-refractivity contribution is 5.14. The van der Waals surface area contributed by atoms with Crippen LogP contribution < -0.4 is 0 Å². The van der Waals surface area contributed by atoms with Crippen molar-refractivity contribution in [3.8, 4) is 0 Å². The quantitative estimate of drug-likeness (QED) is 0.850. The molecule has 0 N–H and O–H groups in total. The average Bonchev–Trinajstić information content (AvgIpc) is 2.53. The number of ether oxygens (including phenoxy) is 2.